The molecule has 0 radical (unpaired) electrons. The summed E-state index contributed by atoms with van der Waals surface area (Å²) in [6, 6.07) is 6.40. The largest absolute Gasteiger partial charge is 0.310 e. The molecule has 1 nitrogen and oxygen atoms in total. The molecule has 84 valence electrons. The average Bonchev–Trinajstić information content (AvgIpc) is 2.15. The molecular weight excluding hydrogens is 273 g/mol. The van der Waals surface area contributed by atoms with Gasteiger partial charge in [-0.25, -0.2) is 0 Å². The maximum atomic E-state index is 6.23. The predicted octanol–water partition coefficient (Wildman–Crippen LogP) is 4.41. The summed E-state index contributed by atoms with van der Waals surface area (Å²) in [5.41, 5.74) is 1.18. The van der Waals surface area contributed by atoms with Gasteiger partial charge in [0.25, 0.3) is 0 Å². The molecule has 0 aliphatic heterocycles. The van der Waals surface area contributed by atoms with E-state index in [1.165, 1.54) is 5.56 Å². The molecule has 15 heavy (non-hydrogen) atoms. The van der Waals surface area contributed by atoms with Gasteiger partial charge in [0.15, 0.2) is 0 Å². The number of benzene rings is 1. The van der Waals surface area contributed by atoms with E-state index in [-0.39, 0.29) is 0 Å². The lowest BCUT2D eigenvalue weighted by Crippen LogP contribution is -2.25. The molecule has 0 spiro atoms. The first-order chi connectivity index (χ1) is 7.06. The van der Waals surface area contributed by atoms with Gasteiger partial charge in [-0.15, -0.1) is 0 Å². The SMILES string of the molecule is CCNC(c1ccc(Br)cc1Cl)C(C)C. The highest BCUT2D eigenvalue weighted by Gasteiger charge is 2.17. The van der Waals surface area contributed by atoms with E-state index in [1.807, 2.05) is 12.1 Å². The van der Waals surface area contributed by atoms with Crippen LogP contribution in [0.4, 0.5) is 0 Å². The predicted molar refractivity (Wildman–Crippen MR) is 70.4 cm³/mol. The van der Waals surface area contributed by atoms with Gasteiger partial charge in [-0.2, -0.15) is 0 Å². The fourth-order valence-corrected chi connectivity index (χ4v) is 2.47. The molecule has 1 aromatic carbocycles. The molecule has 1 rings (SSSR count). The van der Waals surface area contributed by atoms with E-state index in [2.05, 4.69) is 48.1 Å². The van der Waals surface area contributed by atoms with Crippen molar-refractivity contribution < 1.29 is 0 Å². The van der Waals surface area contributed by atoms with Crippen LogP contribution in [0.5, 0.6) is 0 Å². The molecular formula is C12H17BrClN. The molecule has 0 bridgehead atoms. The number of halogens is 2. The zero-order valence-corrected chi connectivity index (χ0v) is 11.7. The number of hydrogen-bond donors (Lipinski definition) is 1. The van der Waals surface area contributed by atoms with Crippen molar-refractivity contribution in [2.45, 2.75) is 26.8 Å². The minimum atomic E-state index is 0.329. The second-order valence-corrected chi connectivity index (χ2v) is 5.27. The van der Waals surface area contributed by atoms with Gasteiger partial charge in [0.2, 0.25) is 0 Å². The molecule has 0 saturated carbocycles. The van der Waals surface area contributed by atoms with Gasteiger partial charge in [-0.3, -0.25) is 0 Å². The number of rotatable bonds is 4. The Bertz CT molecular complexity index is 325. The molecule has 0 heterocycles. The summed E-state index contributed by atoms with van der Waals surface area (Å²) in [5.74, 6) is 0.531. The number of hydrogen-bond acceptors (Lipinski definition) is 1. The first kappa shape index (κ1) is 13.0. The molecule has 1 atom stereocenters. The Kier molecular flexibility index (Phi) is 5.10. The summed E-state index contributed by atoms with van der Waals surface area (Å²) in [6.07, 6.45) is 0. The van der Waals surface area contributed by atoms with Crippen molar-refractivity contribution in [2.24, 2.45) is 5.92 Å². The quantitative estimate of drug-likeness (QED) is 0.866. The van der Waals surface area contributed by atoms with Crippen molar-refractivity contribution in [3.8, 4) is 0 Å². The molecule has 0 aromatic heterocycles. The molecule has 1 N–H and O–H groups in total. The summed E-state index contributed by atoms with van der Waals surface area (Å²) < 4.78 is 1.02. The summed E-state index contributed by atoms with van der Waals surface area (Å²) in [6.45, 7) is 7.47. The minimum Gasteiger partial charge on any atom is -0.310 e. The number of nitrogens with one attached hydrogen (secondary N) is 1. The Morgan fingerprint density at radius 2 is 2.07 bits per heavy atom. The second-order valence-electron chi connectivity index (χ2n) is 3.95. The van der Waals surface area contributed by atoms with Crippen LogP contribution in [0.1, 0.15) is 32.4 Å². The zero-order chi connectivity index (χ0) is 11.4. The van der Waals surface area contributed by atoms with Crippen LogP contribution >= 0.6 is 27.5 Å². The topological polar surface area (TPSA) is 12.0 Å². The van der Waals surface area contributed by atoms with Gasteiger partial charge in [0.1, 0.15) is 0 Å². The van der Waals surface area contributed by atoms with Crippen molar-refractivity contribution in [3.63, 3.8) is 0 Å². The second kappa shape index (κ2) is 5.88. The standard InChI is InChI=1S/C12H17BrClN/c1-4-15-12(8(2)3)10-6-5-9(13)7-11(10)14/h5-8,12,15H,4H2,1-3H3. The van der Waals surface area contributed by atoms with E-state index in [0.717, 1.165) is 16.0 Å². The maximum absolute atomic E-state index is 6.23. The summed E-state index contributed by atoms with van der Waals surface area (Å²) in [7, 11) is 0. The summed E-state index contributed by atoms with van der Waals surface area (Å²) in [5, 5.41) is 4.28. The fourth-order valence-electron chi connectivity index (χ4n) is 1.68. The molecule has 0 fully saturated rings. The highest BCUT2D eigenvalue weighted by atomic mass is 79.9. The van der Waals surface area contributed by atoms with Crippen LogP contribution in [0.2, 0.25) is 5.02 Å². The third-order valence-corrected chi connectivity index (χ3v) is 3.21. The Hall–Kier alpha value is -0.0500. The first-order valence-electron chi connectivity index (χ1n) is 5.24. The van der Waals surface area contributed by atoms with E-state index in [9.17, 15) is 0 Å². The zero-order valence-electron chi connectivity index (χ0n) is 9.35. The minimum absolute atomic E-state index is 0.329. The van der Waals surface area contributed by atoms with Gasteiger partial charge < -0.3 is 5.32 Å². The van der Waals surface area contributed by atoms with Gasteiger partial charge in [-0.1, -0.05) is 54.4 Å². The van der Waals surface area contributed by atoms with E-state index >= 15 is 0 Å². The van der Waals surface area contributed by atoms with Crippen LogP contribution in [0.25, 0.3) is 0 Å². The summed E-state index contributed by atoms with van der Waals surface area (Å²) in [4.78, 5) is 0. The molecule has 1 unspecified atom stereocenters. The van der Waals surface area contributed by atoms with Crippen LogP contribution in [-0.2, 0) is 0 Å². The lowest BCUT2D eigenvalue weighted by Gasteiger charge is -2.23. The fraction of sp³-hybridized carbons (Fsp3) is 0.500. The van der Waals surface area contributed by atoms with E-state index < -0.39 is 0 Å². The van der Waals surface area contributed by atoms with Crippen LogP contribution in [0, 0.1) is 5.92 Å². The Balaban J connectivity index is 3.00. The van der Waals surface area contributed by atoms with Gasteiger partial charge in [0, 0.05) is 15.5 Å². The van der Waals surface area contributed by atoms with Crippen molar-refractivity contribution in [3.05, 3.63) is 33.3 Å². The van der Waals surface area contributed by atoms with Crippen LogP contribution in [0.3, 0.4) is 0 Å². The summed E-state index contributed by atoms with van der Waals surface area (Å²) >= 11 is 9.65. The lowest BCUT2D eigenvalue weighted by molar-refractivity contribution is 0.422. The maximum Gasteiger partial charge on any atom is 0.0465 e. The Morgan fingerprint density at radius 1 is 1.40 bits per heavy atom. The van der Waals surface area contributed by atoms with Gasteiger partial charge in [-0.05, 0) is 30.2 Å². The monoisotopic (exact) mass is 289 g/mol. The molecule has 3 heteroatoms. The smallest absolute Gasteiger partial charge is 0.0465 e. The van der Waals surface area contributed by atoms with Crippen molar-refractivity contribution >= 4 is 27.5 Å². The molecule has 0 aliphatic carbocycles. The van der Waals surface area contributed by atoms with Gasteiger partial charge in [0.05, 0.1) is 0 Å². The third kappa shape index (κ3) is 3.47. The molecule has 0 aliphatic rings. The van der Waals surface area contributed by atoms with Crippen LogP contribution in [0.15, 0.2) is 22.7 Å². The third-order valence-electron chi connectivity index (χ3n) is 2.39. The van der Waals surface area contributed by atoms with E-state index in [4.69, 9.17) is 11.6 Å². The normalized spacial score (nSPS) is 13.2. The van der Waals surface area contributed by atoms with E-state index in [0.29, 0.717) is 12.0 Å². The average molecular weight is 291 g/mol. The van der Waals surface area contributed by atoms with Gasteiger partial charge >= 0.3 is 0 Å². The Labute approximate surface area is 105 Å². The Morgan fingerprint density at radius 3 is 2.53 bits per heavy atom. The van der Waals surface area contributed by atoms with Crippen molar-refractivity contribution in [2.75, 3.05) is 6.54 Å². The van der Waals surface area contributed by atoms with Crippen molar-refractivity contribution in [1.29, 1.82) is 0 Å². The highest BCUT2D eigenvalue weighted by Crippen LogP contribution is 2.30. The van der Waals surface area contributed by atoms with Crippen molar-refractivity contribution in [1.82, 2.24) is 5.32 Å². The first-order valence-corrected chi connectivity index (χ1v) is 6.41. The van der Waals surface area contributed by atoms with Crippen LogP contribution < -0.4 is 5.32 Å². The molecule has 0 saturated heterocycles. The van der Waals surface area contributed by atoms with E-state index in [1.54, 1.807) is 0 Å². The molecule has 1 aromatic rings. The molecule has 0 amide bonds. The lowest BCUT2D eigenvalue weighted by atomic mass is 9.96. The van der Waals surface area contributed by atoms with Crippen LogP contribution in [-0.4, -0.2) is 6.54 Å². The highest BCUT2D eigenvalue weighted by molar-refractivity contribution is 9.10.